The summed E-state index contributed by atoms with van der Waals surface area (Å²) in [7, 11) is 0. The summed E-state index contributed by atoms with van der Waals surface area (Å²) in [6, 6.07) is 85.7. The van der Waals surface area contributed by atoms with E-state index in [1.165, 1.54) is 89.9 Å². The van der Waals surface area contributed by atoms with Crippen molar-refractivity contribution in [3.05, 3.63) is 271 Å². The largest absolute Gasteiger partial charge is 0.290 e. The van der Waals surface area contributed by atoms with Crippen LogP contribution in [-0.2, 0) is 6.42 Å². The summed E-state index contributed by atoms with van der Waals surface area (Å²) in [5, 5.41) is 7.47. The molecule has 0 fully saturated rings. The van der Waals surface area contributed by atoms with Crippen molar-refractivity contribution in [1.29, 1.82) is 0 Å². The van der Waals surface area contributed by atoms with Gasteiger partial charge in [-0.25, -0.2) is 19.9 Å². The second kappa shape index (κ2) is 18.9. The van der Waals surface area contributed by atoms with E-state index in [9.17, 15) is 0 Å². The highest BCUT2D eigenvalue weighted by atomic mass is 79.9. The lowest BCUT2D eigenvalue weighted by Gasteiger charge is -2.08. The van der Waals surface area contributed by atoms with Crippen LogP contribution in [0.5, 0.6) is 0 Å². The van der Waals surface area contributed by atoms with Crippen molar-refractivity contribution in [1.82, 2.24) is 42.4 Å². The highest BCUT2D eigenvalue weighted by Gasteiger charge is 2.27. The quantitative estimate of drug-likeness (QED) is 0.165. The SMILES string of the molecule is Brc1nccc2c1sc1ccccc12.c1ccc(-n2c3ccccc3n3c4ccc5c(c4nc23)Cc2ccccc2-5)cc1.c1ccc(-n2c3ccccc3n3c4ccc5c6ccccc6n(-c6nccc7c6sc6ccccc67)c5c4nc23)cc1. The molecule has 9 aromatic heterocycles. The predicted molar refractivity (Wildman–Crippen MR) is 357 cm³/mol. The Bertz CT molecular complexity index is 5920. The fourth-order valence-corrected chi connectivity index (χ4v) is 16.1. The van der Waals surface area contributed by atoms with Crippen LogP contribution in [0.4, 0.5) is 0 Å². The van der Waals surface area contributed by atoms with Gasteiger partial charge in [0.15, 0.2) is 5.82 Å². The molecule has 0 saturated heterocycles. The Balaban J connectivity index is 0.000000109. The van der Waals surface area contributed by atoms with Crippen molar-refractivity contribution in [2.24, 2.45) is 0 Å². The van der Waals surface area contributed by atoms with Gasteiger partial charge in [0, 0.05) is 71.9 Å². The average Bonchev–Trinajstić information content (AvgIpc) is 2.48. The molecule has 10 aromatic carbocycles. The molecule has 9 heterocycles. The van der Waals surface area contributed by atoms with E-state index < -0.39 is 0 Å². The number of hydrogen-bond donors (Lipinski definition) is 0. The van der Waals surface area contributed by atoms with Crippen molar-refractivity contribution >= 4 is 156 Å². The molecule has 12 heteroatoms. The van der Waals surface area contributed by atoms with Crippen LogP contribution in [0, 0.1) is 0 Å². The van der Waals surface area contributed by atoms with E-state index in [4.69, 9.17) is 15.0 Å². The number of fused-ring (bicyclic) bond motifs is 24. The highest BCUT2D eigenvalue weighted by Crippen LogP contribution is 2.45. The fourth-order valence-electron chi connectivity index (χ4n) is 13.3. The molecule has 0 saturated carbocycles. The molecule has 19 aromatic rings. The standard InChI is InChI=1S/C36H21N5S.C26H17N3.C11H6BrNS/c1-2-10-22(11-3-1)39-28-15-7-8-16-29(28)40-30-19-18-25-23-12-4-6-14-27(23)41(33(25)32(30)38-36(39)40)35-34-26(20-21-37-35)24-13-5-9-17-31(24)42-34;1-2-9-18(10-3-1)28-22-12-6-7-13-23(22)29-24-15-14-20-19-11-5-4-8-17(19)16-21(20)25(24)27-26(28)29;12-11-10-8(5-6-13-11)7-3-1-2-4-9(7)14-10/h1-21H;1-15H,16H2;1-6H. The van der Waals surface area contributed by atoms with Crippen molar-refractivity contribution in [3.63, 3.8) is 0 Å². The molecule has 20 rings (SSSR count). The number of thiophene rings is 2. The van der Waals surface area contributed by atoms with E-state index in [0.717, 1.165) is 78.4 Å². The molecule has 0 N–H and O–H groups in total. The molecule has 0 radical (unpaired) electrons. The average molecular weight is 1190 g/mol. The lowest BCUT2D eigenvalue weighted by Crippen LogP contribution is -1.98. The Morgan fingerprint density at radius 1 is 0.353 bits per heavy atom. The minimum Gasteiger partial charge on any atom is -0.290 e. The maximum Gasteiger partial charge on any atom is 0.220 e. The van der Waals surface area contributed by atoms with Crippen LogP contribution >= 0.6 is 38.6 Å². The third-order valence-electron chi connectivity index (χ3n) is 16.9. The lowest BCUT2D eigenvalue weighted by molar-refractivity contribution is 1.10. The van der Waals surface area contributed by atoms with Crippen molar-refractivity contribution in [3.8, 4) is 28.3 Å². The van der Waals surface area contributed by atoms with Crippen LogP contribution in [0.2, 0.25) is 0 Å². The molecule has 9 nitrogen and oxygen atoms in total. The van der Waals surface area contributed by atoms with Crippen molar-refractivity contribution in [2.75, 3.05) is 0 Å². The Morgan fingerprint density at radius 3 is 1.53 bits per heavy atom. The van der Waals surface area contributed by atoms with Gasteiger partial charge in [0.25, 0.3) is 0 Å². The second-order valence-electron chi connectivity index (χ2n) is 21.5. The molecule has 85 heavy (non-hydrogen) atoms. The van der Waals surface area contributed by atoms with Crippen LogP contribution in [0.15, 0.2) is 260 Å². The van der Waals surface area contributed by atoms with E-state index in [1.807, 2.05) is 12.4 Å². The summed E-state index contributed by atoms with van der Waals surface area (Å²) in [6.07, 6.45) is 4.73. The predicted octanol–water partition coefficient (Wildman–Crippen LogP) is 19.5. The molecule has 0 amide bonds. The van der Waals surface area contributed by atoms with E-state index in [0.29, 0.717) is 0 Å². The summed E-state index contributed by atoms with van der Waals surface area (Å²) in [6.45, 7) is 0. The molecular weight excluding hydrogens is 1150 g/mol. The first-order valence-corrected chi connectivity index (χ1v) is 30.7. The van der Waals surface area contributed by atoms with Gasteiger partial charge in [-0.15, -0.1) is 22.7 Å². The topological polar surface area (TPSA) is 75.2 Å². The Morgan fingerprint density at radius 2 is 0.859 bits per heavy atom. The number of nitrogens with zero attached hydrogens (tertiary/aromatic N) is 9. The Kier molecular flexibility index (Phi) is 10.7. The third-order valence-corrected chi connectivity index (χ3v) is 20.2. The minimum absolute atomic E-state index is 0.898. The van der Waals surface area contributed by atoms with Crippen LogP contribution in [0.1, 0.15) is 11.1 Å². The van der Waals surface area contributed by atoms with Gasteiger partial charge in [0.05, 0.1) is 59.1 Å². The van der Waals surface area contributed by atoms with Crippen molar-refractivity contribution in [2.45, 2.75) is 6.42 Å². The zero-order valence-electron chi connectivity index (χ0n) is 45.2. The van der Waals surface area contributed by atoms with Crippen LogP contribution in [-0.4, -0.2) is 42.4 Å². The summed E-state index contributed by atoms with van der Waals surface area (Å²) >= 11 is 7.06. The highest BCUT2D eigenvalue weighted by molar-refractivity contribution is 9.10. The number of imidazole rings is 4. The molecule has 0 unspecified atom stereocenters. The number of halogens is 1. The zero-order chi connectivity index (χ0) is 55.9. The van der Waals surface area contributed by atoms with Crippen LogP contribution < -0.4 is 0 Å². The van der Waals surface area contributed by atoms with Crippen molar-refractivity contribution < 1.29 is 0 Å². The summed E-state index contributed by atoms with van der Waals surface area (Å²) in [4.78, 5) is 19.9. The monoisotopic (exact) mass is 1190 g/mol. The van der Waals surface area contributed by atoms with Crippen LogP contribution in [0.3, 0.4) is 0 Å². The summed E-state index contributed by atoms with van der Waals surface area (Å²) in [5.41, 5.74) is 18.8. The molecule has 0 aliphatic heterocycles. The van der Waals surface area contributed by atoms with Gasteiger partial charge in [0.2, 0.25) is 11.6 Å². The number of pyridine rings is 2. The van der Waals surface area contributed by atoms with Gasteiger partial charge in [-0.2, -0.15) is 0 Å². The zero-order valence-corrected chi connectivity index (χ0v) is 48.4. The van der Waals surface area contributed by atoms with E-state index in [1.54, 1.807) is 22.7 Å². The molecule has 1 aliphatic carbocycles. The first-order valence-electron chi connectivity index (χ1n) is 28.3. The molecular formula is C73H44BrN9S2. The number of hydrogen-bond acceptors (Lipinski definition) is 6. The number of aromatic nitrogens is 9. The molecule has 400 valence electrons. The van der Waals surface area contributed by atoms with Gasteiger partial charge in [0.1, 0.15) is 10.1 Å². The number of benzene rings is 10. The molecule has 0 spiro atoms. The fraction of sp³-hybridized carbons (Fsp3) is 0.0137. The maximum atomic E-state index is 5.44. The first-order chi connectivity index (χ1) is 42.1. The van der Waals surface area contributed by atoms with E-state index >= 15 is 0 Å². The number of para-hydroxylation sites is 7. The lowest BCUT2D eigenvalue weighted by atomic mass is 10.1. The van der Waals surface area contributed by atoms with Gasteiger partial charge < -0.3 is 0 Å². The smallest absolute Gasteiger partial charge is 0.220 e. The Labute approximate surface area is 500 Å². The molecule has 0 bridgehead atoms. The number of rotatable bonds is 3. The van der Waals surface area contributed by atoms with E-state index in [2.05, 4.69) is 286 Å². The minimum atomic E-state index is 0.898. The van der Waals surface area contributed by atoms with Crippen LogP contribution in [0.25, 0.3) is 146 Å². The molecule has 0 atom stereocenters. The summed E-state index contributed by atoms with van der Waals surface area (Å²) in [5.74, 6) is 2.81. The maximum absolute atomic E-state index is 5.44. The Hall–Kier alpha value is -10.2. The van der Waals surface area contributed by atoms with Gasteiger partial charge in [-0.1, -0.05) is 146 Å². The normalized spacial score (nSPS) is 12.2. The van der Waals surface area contributed by atoms with Gasteiger partial charge in [-0.3, -0.25) is 22.5 Å². The first kappa shape index (κ1) is 48.3. The summed E-state index contributed by atoms with van der Waals surface area (Å²) < 4.78 is 17.4. The van der Waals surface area contributed by atoms with Gasteiger partial charge in [-0.05, 0) is 135 Å². The van der Waals surface area contributed by atoms with Gasteiger partial charge >= 0.3 is 0 Å². The second-order valence-corrected chi connectivity index (χ2v) is 24.3. The molecule has 1 aliphatic rings. The third kappa shape index (κ3) is 7.20. The van der Waals surface area contributed by atoms with E-state index in [-0.39, 0.29) is 0 Å².